The van der Waals surface area contributed by atoms with Gasteiger partial charge >= 0.3 is 0 Å². The van der Waals surface area contributed by atoms with Gasteiger partial charge in [0.1, 0.15) is 11.6 Å². The molecule has 36 heavy (non-hydrogen) atoms. The number of aromatic nitrogens is 2. The number of rotatable bonds is 8. The molecule has 182 valence electrons. The Balaban J connectivity index is 1.87. The second-order valence-electron chi connectivity index (χ2n) is 7.66. The third kappa shape index (κ3) is 5.36. The second-order valence-corrected chi connectivity index (χ2v) is 9.42. The molecule has 0 aliphatic carbocycles. The highest BCUT2D eigenvalue weighted by Gasteiger charge is 2.21. The first kappa shape index (κ1) is 25.6. The molecule has 0 aliphatic heterocycles. The zero-order chi connectivity index (χ0) is 25.7. The fourth-order valence-electron chi connectivity index (χ4n) is 3.63. The van der Waals surface area contributed by atoms with Crippen LogP contribution in [-0.4, -0.2) is 23.8 Å². The van der Waals surface area contributed by atoms with Crippen molar-refractivity contribution in [1.29, 1.82) is 5.26 Å². The Morgan fingerprint density at radius 3 is 2.19 bits per heavy atom. The fourth-order valence-corrected chi connectivity index (χ4v) is 5.11. The first-order valence-electron chi connectivity index (χ1n) is 10.8. The number of ether oxygens (including phenoxy) is 2. The normalized spacial score (nSPS) is 10.6. The molecule has 4 rings (SSSR count). The maximum atomic E-state index is 13.6. The van der Waals surface area contributed by atoms with Crippen molar-refractivity contribution in [2.24, 2.45) is 0 Å². The van der Waals surface area contributed by atoms with E-state index in [1.165, 1.54) is 30.5 Å². The van der Waals surface area contributed by atoms with E-state index in [9.17, 15) is 10.1 Å². The topological polar surface area (TPSA) is 77.1 Å². The molecule has 0 unspecified atom stereocenters. The number of hydrogen-bond acceptors (Lipinski definition) is 6. The Bertz CT molecular complexity index is 1520. The molecule has 0 bridgehead atoms. The maximum absolute atomic E-state index is 13.6. The molecule has 0 amide bonds. The number of halogens is 2. The Morgan fingerprint density at radius 1 is 0.944 bits per heavy atom. The number of thioether (sulfide) groups is 1. The molecular weight excluding hydrogens is 517 g/mol. The summed E-state index contributed by atoms with van der Waals surface area (Å²) in [5.41, 5.74) is 1.94. The zero-order valence-corrected chi connectivity index (χ0v) is 21.8. The lowest BCUT2D eigenvalue weighted by atomic mass is 10.1. The van der Waals surface area contributed by atoms with E-state index in [0.29, 0.717) is 38.0 Å². The van der Waals surface area contributed by atoms with Gasteiger partial charge in [-0.3, -0.25) is 9.36 Å². The van der Waals surface area contributed by atoms with Crippen molar-refractivity contribution in [1.82, 2.24) is 9.55 Å². The lowest BCUT2D eigenvalue weighted by molar-refractivity contribution is 0.355. The van der Waals surface area contributed by atoms with Crippen molar-refractivity contribution in [2.75, 3.05) is 14.2 Å². The smallest absolute Gasteiger partial charge is 0.273 e. The maximum Gasteiger partial charge on any atom is 0.273 e. The molecule has 0 saturated carbocycles. The summed E-state index contributed by atoms with van der Waals surface area (Å²) in [6, 6.07) is 22.0. The molecule has 3 aromatic carbocycles. The third-order valence-corrected chi connectivity index (χ3v) is 7.27. The molecule has 0 N–H and O–H groups in total. The highest BCUT2D eigenvalue weighted by molar-refractivity contribution is 7.98. The third-order valence-electron chi connectivity index (χ3n) is 5.50. The first-order chi connectivity index (χ1) is 17.5. The monoisotopic (exact) mass is 537 g/mol. The van der Waals surface area contributed by atoms with Gasteiger partial charge < -0.3 is 9.47 Å². The lowest BCUT2D eigenvalue weighted by Crippen LogP contribution is -2.27. The lowest BCUT2D eigenvalue weighted by Gasteiger charge is -2.16. The molecule has 0 fully saturated rings. The highest BCUT2D eigenvalue weighted by atomic mass is 35.5. The van der Waals surface area contributed by atoms with Crippen LogP contribution in [0, 0.1) is 11.3 Å². The first-order valence-corrected chi connectivity index (χ1v) is 12.6. The number of nitrogens with zero attached hydrogens (tertiary/aromatic N) is 3. The summed E-state index contributed by atoms with van der Waals surface area (Å²) >= 11 is 14.1. The van der Waals surface area contributed by atoms with Crippen LogP contribution < -0.4 is 15.0 Å². The molecule has 0 spiro atoms. The van der Waals surface area contributed by atoms with Gasteiger partial charge in [0.2, 0.25) is 0 Å². The molecule has 0 radical (unpaired) electrons. The average Bonchev–Trinajstić information content (AvgIpc) is 2.90. The van der Waals surface area contributed by atoms with Gasteiger partial charge in [-0.1, -0.05) is 71.4 Å². The van der Waals surface area contributed by atoms with Crippen LogP contribution in [0.25, 0.3) is 11.3 Å². The van der Waals surface area contributed by atoms with Crippen LogP contribution >= 0.6 is 35.0 Å². The Labute approximate surface area is 223 Å². The standard InChI is InChI=1S/C27H21Cl2N3O3S/c1-34-23-12-11-17(13-24(23)35-2)25-20(14-30)26(33)32(15-18-7-3-5-9-21(18)28)27(31-25)36-16-19-8-4-6-10-22(19)29/h3-13H,15-16H2,1-2H3. The molecule has 0 saturated heterocycles. The minimum atomic E-state index is -0.459. The molecule has 0 aliphatic rings. The molecule has 1 heterocycles. The van der Waals surface area contributed by atoms with Crippen LogP contribution in [-0.2, 0) is 12.3 Å². The summed E-state index contributed by atoms with van der Waals surface area (Å²) in [5, 5.41) is 11.5. The van der Waals surface area contributed by atoms with Gasteiger partial charge in [0.05, 0.1) is 26.5 Å². The van der Waals surface area contributed by atoms with E-state index in [4.69, 9.17) is 37.7 Å². The Morgan fingerprint density at radius 2 is 1.58 bits per heavy atom. The van der Waals surface area contributed by atoms with Crippen LogP contribution in [0.2, 0.25) is 10.0 Å². The van der Waals surface area contributed by atoms with Crippen LogP contribution in [0.5, 0.6) is 11.5 Å². The van der Waals surface area contributed by atoms with Gasteiger partial charge in [-0.25, -0.2) is 4.98 Å². The zero-order valence-electron chi connectivity index (χ0n) is 19.5. The van der Waals surface area contributed by atoms with E-state index in [1.807, 2.05) is 48.5 Å². The number of methoxy groups -OCH3 is 2. The average molecular weight is 538 g/mol. The molecule has 6 nitrogen and oxygen atoms in total. The Hall–Kier alpha value is -3.44. The van der Waals surface area contributed by atoms with Crippen molar-refractivity contribution in [3.8, 4) is 28.8 Å². The molecule has 9 heteroatoms. The Kier molecular flexibility index (Phi) is 8.21. The van der Waals surface area contributed by atoms with Crippen molar-refractivity contribution in [2.45, 2.75) is 17.5 Å². The minimum absolute atomic E-state index is 0.0728. The van der Waals surface area contributed by atoms with Crippen molar-refractivity contribution < 1.29 is 9.47 Å². The van der Waals surface area contributed by atoms with Gasteiger partial charge in [-0.15, -0.1) is 0 Å². The van der Waals surface area contributed by atoms with E-state index >= 15 is 0 Å². The SMILES string of the molecule is COc1ccc(-c2nc(SCc3ccccc3Cl)n(Cc3ccccc3Cl)c(=O)c2C#N)cc1OC. The fraction of sp³-hybridized carbons (Fsp3) is 0.148. The largest absolute Gasteiger partial charge is 0.493 e. The van der Waals surface area contributed by atoms with Gasteiger partial charge in [0, 0.05) is 21.4 Å². The van der Waals surface area contributed by atoms with Crippen molar-refractivity contribution >= 4 is 35.0 Å². The van der Waals surface area contributed by atoms with E-state index in [2.05, 4.69) is 0 Å². The summed E-state index contributed by atoms with van der Waals surface area (Å²) in [6.07, 6.45) is 0. The number of nitriles is 1. The molecule has 1 aromatic heterocycles. The predicted molar refractivity (Wildman–Crippen MR) is 143 cm³/mol. The van der Waals surface area contributed by atoms with Crippen LogP contribution in [0.1, 0.15) is 16.7 Å². The van der Waals surface area contributed by atoms with E-state index in [0.717, 1.165) is 11.1 Å². The summed E-state index contributed by atoms with van der Waals surface area (Å²) in [5.74, 6) is 1.47. The summed E-state index contributed by atoms with van der Waals surface area (Å²) < 4.78 is 12.2. The van der Waals surface area contributed by atoms with Gasteiger partial charge in [0.25, 0.3) is 5.56 Å². The number of benzene rings is 3. The van der Waals surface area contributed by atoms with E-state index in [-0.39, 0.29) is 17.8 Å². The van der Waals surface area contributed by atoms with Gasteiger partial charge in [-0.2, -0.15) is 5.26 Å². The van der Waals surface area contributed by atoms with Crippen molar-refractivity contribution in [3.05, 3.63) is 104 Å². The van der Waals surface area contributed by atoms with E-state index < -0.39 is 5.56 Å². The molecule has 4 aromatic rings. The number of hydrogen-bond donors (Lipinski definition) is 0. The summed E-state index contributed by atoms with van der Waals surface area (Å²) in [6.45, 7) is 0.164. The summed E-state index contributed by atoms with van der Waals surface area (Å²) in [4.78, 5) is 18.4. The minimum Gasteiger partial charge on any atom is -0.493 e. The van der Waals surface area contributed by atoms with Crippen molar-refractivity contribution in [3.63, 3.8) is 0 Å². The quantitative estimate of drug-likeness (QED) is 0.190. The van der Waals surface area contributed by atoms with E-state index in [1.54, 1.807) is 24.3 Å². The van der Waals surface area contributed by atoms with Crippen LogP contribution in [0.3, 0.4) is 0 Å². The molecular formula is C27H21Cl2N3O3S. The van der Waals surface area contributed by atoms with Crippen LogP contribution in [0.4, 0.5) is 0 Å². The van der Waals surface area contributed by atoms with Crippen LogP contribution in [0.15, 0.2) is 76.7 Å². The highest BCUT2D eigenvalue weighted by Crippen LogP contribution is 2.34. The molecule has 0 atom stereocenters. The summed E-state index contributed by atoms with van der Waals surface area (Å²) in [7, 11) is 3.06. The van der Waals surface area contributed by atoms with Gasteiger partial charge in [0.15, 0.2) is 16.7 Å². The predicted octanol–water partition coefficient (Wildman–Crippen LogP) is 6.45. The van der Waals surface area contributed by atoms with Gasteiger partial charge in [-0.05, 0) is 41.5 Å². The second kappa shape index (κ2) is 11.5.